The Hall–Kier alpha value is -3.30. The first-order valence-corrected chi connectivity index (χ1v) is 12.8. The molecule has 0 fully saturated rings. The molecule has 0 saturated heterocycles. The van der Waals surface area contributed by atoms with E-state index in [1.54, 1.807) is 36.5 Å². The Kier molecular flexibility index (Phi) is 8.36. The van der Waals surface area contributed by atoms with Crippen LogP contribution >= 0.6 is 0 Å². The first-order valence-electron chi connectivity index (χ1n) is 11.1. The first kappa shape index (κ1) is 25.3. The molecule has 0 saturated carbocycles. The average Bonchev–Trinajstić information content (AvgIpc) is 2.78. The van der Waals surface area contributed by atoms with Gasteiger partial charge in [0.05, 0.1) is 16.3 Å². The van der Waals surface area contributed by atoms with E-state index in [2.05, 4.69) is 20.6 Å². The number of rotatable bonds is 10. The van der Waals surface area contributed by atoms with Gasteiger partial charge in [-0.3, -0.25) is 4.79 Å². The van der Waals surface area contributed by atoms with Crippen molar-refractivity contribution in [1.29, 1.82) is 0 Å². The second-order valence-corrected chi connectivity index (χ2v) is 10.9. The van der Waals surface area contributed by atoms with Gasteiger partial charge in [-0.25, -0.2) is 18.4 Å². The highest BCUT2D eigenvalue weighted by Gasteiger charge is 2.14. The topological polar surface area (TPSA) is 104 Å². The van der Waals surface area contributed by atoms with Crippen LogP contribution < -0.4 is 10.6 Å². The molecule has 180 valence electrons. The standard InChI is InChI=1S/C25H31N5O3S/c1-18(2)17-24(31)27-20-7-5-19(6-8-20)23-13-14-26-25(29-23)28-21-9-11-22(12-10-21)34(32,33)16-15-30(3)4/h5-14,18H,15-17H2,1-4H3,(H,27,31)(H,26,28,29). The Balaban J connectivity index is 1.67. The summed E-state index contributed by atoms with van der Waals surface area (Å²) >= 11 is 0. The zero-order chi connectivity index (χ0) is 24.7. The lowest BCUT2D eigenvalue weighted by Crippen LogP contribution is -2.21. The van der Waals surface area contributed by atoms with Crippen molar-refractivity contribution in [3.8, 4) is 11.3 Å². The molecule has 1 amide bonds. The number of benzene rings is 2. The summed E-state index contributed by atoms with van der Waals surface area (Å²) in [6.45, 7) is 4.48. The molecular weight excluding hydrogens is 450 g/mol. The van der Waals surface area contributed by atoms with E-state index in [-0.39, 0.29) is 16.6 Å². The third kappa shape index (κ3) is 7.36. The number of anilines is 3. The predicted octanol–water partition coefficient (Wildman–Crippen LogP) is 4.21. The van der Waals surface area contributed by atoms with Crippen molar-refractivity contribution in [2.45, 2.75) is 25.2 Å². The molecule has 34 heavy (non-hydrogen) atoms. The minimum atomic E-state index is -3.33. The summed E-state index contributed by atoms with van der Waals surface area (Å²) in [6.07, 6.45) is 2.13. The maximum Gasteiger partial charge on any atom is 0.227 e. The van der Waals surface area contributed by atoms with Gasteiger partial charge in [0.1, 0.15) is 0 Å². The van der Waals surface area contributed by atoms with E-state index in [0.29, 0.717) is 30.5 Å². The zero-order valence-corrected chi connectivity index (χ0v) is 20.8. The Morgan fingerprint density at radius 3 is 2.24 bits per heavy atom. The number of nitrogens with zero attached hydrogens (tertiary/aromatic N) is 3. The van der Waals surface area contributed by atoms with Crippen LogP contribution in [0.2, 0.25) is 0 Å². The zero-order valence-electron chi connectivity index (χ0n) is 19.9. The van der Waals surface area contributed by atoms with Crippen LogP contribution in [-0.4, -0.2) is 55.6 Å². The normalized spacial score (nSPS) is 11.6. The molecule has 0 aliphatic heterocycles. The molecule has 2 N–H and O–H groups in total. The second kappa shape index (κ2) is 11.2. The summed E-state index contributed by atoms with van der Waals surface area (Å²) in [5.74, 6) is 0.760. The van der Waals surface area contributed by atoms with E-state index in [4.69, 9.17) is 0 Å². The Bertz CT molecular complexity index is 1210. The van der Waals surface area contributed by atoms with Gasteiger partial charge >= 0.3 is 0 Å². The molecule has 0 aliphatic carbocycles. The van der Waals surface area contributed by atoms with Crippen LogP contribution in [0.3, 0.4) is 0 Å². The SMILES string of the molecule is CC(C)CC(=O)Nc1ccc(-c2ccnc(Nc3ccc(S(=O)(=O)CCN(C)C)cc3)n2)cc1. The van der Waals surface area contributed by atoms with Gasteiger partial charge in [-0.15, -0.1) is 0 Å². The smallest absolute Gasteiger partial charge is 0.227 e. The number of nitrogens with one attached hydrogen (secondary N) is 2. The number of hydrogen-bond donors (Lipinski definition) is 2. The lowest BCUT2D eigenvalue weighted by atomic mass is 10.1. The second-order valence-electron chi connectivity index (χ2n) is 8.76. The van der Waals surface area contributed by atoms with Crippen LogP contribution in [-0.2, 0) is 14.6 Å². The van der Waals surface area contributed by atoms with Crippen LogP contribution in [0.4, 0.5) is 17.3 Å². The lowest BCUT2D eigenvalue weighted by Gasteiger charge is -2.11. The third-order valence-electron chi connectivity index (χ3n) is 4.99. The van der Waals surface area contributed by atoms with Gasteiger partial charge in [0.15, 0.2) is 9.84 Å². The Labute approximate surface area is 201 Å². The third-order valence-corrected chi connectivity index (χ3v) is 6.70. The molecule has 2 aromatic carbocycles. The highest BCUT2D eigenvalue weighted by atomic mass is 32.2. The van der Waals surface area contributed by atoms with E-state index in [1.807, 2.05) is 57.1 Å². The van der Waals surface area contributed by atoms with E-state index in [9.17, 15) is 13.2 Å². The summed E-state index contributed by atoms with van der Waals surface area (Å²) in [5, 5.41) is 6.01. The summed E-state index contributed by atoms with van der Waals surface area (Å²) in [6, 6.07) is 15.9. The van der Waals surface area contributed by atoms with Crippen molar-refractivity contribution in [1.82, 2.24) is 14.9 Å². The highest BCUT2D eigenvalue weighted by molar-refractivity contribution is 7.91. The van der Waals surface area contributed by atoms with Crippen molar-refractivity contribution in [2.24, 2.45) is 5.92 Å². The molecule has 3 rings (SSSR count). The van der Waals surface area contributed by atoms with Crippen LogP contribution in [0.5, 0.6) is 0 Å². The van der Waals surface area contributed by atoms with Crippen molar-refractivity contribution < 1.29 is 13.2 Å². The van der Waals surface area contributed by atoms with Crippen molar-refractivity contribution >= 4 is 33.1 Å². The Morgan fingerprint density at radius 2 is 1.62 bits per heavy atom. The van der Waals surface area contributed by atoms with Crippen LogP contribution in [0.1, 0.15) is 20.3 Å². The number of carbonyl (C=O) groups excluding carboxylic acids is 1. The lowest BCUT2D eigenvalue weighted by molar-refractivity contribution is -0.116. The Morgan fingerprint density at radius 1 is 0.971 bits per heavy atom. The van der Waals surface area contributed by atoms with E-state index < -0.39 is 9.84 Å². The first-order chi connectivity index (χ1) is 16.1. The largest absolute Gasteiger partial charge is 0.326 e. The molecule has 0 bridgehead atoms. The van der Waals surface area contributed by atoms with Gasteiger partial charge in [-0.1, -0.05) is 26.0 Å². The molecule has 8 nitrogen and oxygen atoms in total. The molecule has 0 atom stereocenters. The molecule has 1 heterocycles. The van der Waals surface area contributed by atoms with E-state index >= 15 is 0 Å². The summed E-state index contributed by atoms with van der Waals surface area (Å²) in [4.78, 5) is 22.9. The van der Waals surface area contributed by atoms with E-state index in [0.717, 1.165) is 16.9 Å². The van der Waals surface area contributed by atoms with Gasteiger partial charge in [-0.05, 0) is 62.5 Å². The van der Waals surface area contributed by atoms with Gasteiger partial charge in [0.25, 0.3) is 0 Å². The number of carbonyl (C=O) groups is 1. The molecule has 0 spiro atoms. The van der Waals surface area contributed by atoms with Crippen molar-refractivity contribution in [3.63, 3.8) is 0 Å². The van der Waals surface area contributed by atoms with Crippen LogP contribution in [0, 0.1) is 5.92 Å². The van der Waals surface area contributed by atoms with Crippen LogP contribution in [0.25, 0.3) is 11.3 Å². The minimum absolute atomic E-state index is 0.00668. The summed E-state index contributed by atoms with van der Waals surface area (Å²) in [5.41, 5.74) is 3.03. The van der Waals surface area contributed by atoms with Gasteiger partial charge in [-0.2, -0.15) is 0 Å². The van der Waals surface area contributed by atoms with Gasteiger partial charge in [0, 0.05) is 36.1 Å². The quantitative estimate of drug-likeness (QED) is 0.447. The summed E-state index contributed by atoms with van der Waals surface area (Å²) < 4.78 is 24.9. The molecule has 3 aromatic rings. The van der Waals surface area contributed by atoms with Crippen molar-refractivity contribution in [2.75, 3.05) is 37.0 Å². The van der Waals surface area contributed by atoms with Crippen molar-refractivity contribution in [3.05, 3.63) is 60.8 Å². The predicted molar refractivity (Wildman–Crippen MR) is 136 cm³/mol. The van der Waals surface area contributed by atoms with Gasteiger partial charge in [0.2, 0.25) is 11.9 Å². The summed E-state index contributed by atoms with van der Waals surface area (Å²) in [7, 11) is 0.356. The average molecular weight is 482 g/mol. The number of aromatic nitrogens is 2. The number of hydrogen-bond acceptors (Lipinski definition) is 7. The van der Waals surface area contributed by atoms with E-state index in [1.165, 1.54) is 0 Å². The monoisotopic (exact) mass is 481 g/mol. The molecule has 0 unspecified atom stereocenters. The van der Waals surface area contributed by atoms with Crippen LogP contribution in [0.15, 0.2) is 65.7 Å². The maximum absolute atomic E-state index is 12.4. The molecule has 1 aromatic heterocycles. The minimum Gasteiger partial charge on any atom is -0.326 e. The maximum atomic E-state index is 12.4. The fourth-order valence-corrected chi connectivity index (χ4v) is 4.57. The molecular formula is C25H31N5O3S. The fraction of sp³-hybridized carbons (Fsp3) is 0.320. The highest BCUT2D eigenvalue weighted by Crippen LogP contribution is 2.22. The van der Waals surface area contributed by atoms with Gasteiger partial charge < -0.3 is 15.5 Å². The molecule has 0 radical (unpaired) electrons. The molecule has 0 aliphatic rings. The fourth-order valence-electron chi connectivity index (χ4n) is 3.18. The number of amides is 1. The number of sulfone groups is 1. The molecule has 9 heteroatoms.